The molecular weight excluding hydrogens is 212 g/mol. The lowest BCUT2D eigenvalue weighted by molar-refractivity contribution is 0.490. The Labute approximate surface area is 101 Å². The van der Waals surface area contributed by atoms with E-state index in [-0.39, 0.29) is 5.54 Å². The molecule has 17 heavy (non-hydrogen) atoms. The van der Waals surface area contributed by atoms with Crippen LogP contribution in [-0.2, 0) is 5.54 Å². The highest BCUT2D eigenvalue weighted by atomic mass is 15.5. The van der Waals surface area contributed by atoms with Crippen molar-refractivity contribution < 1.29 is 0 Å². The summed E-state index contributed by atoms with van der Waals surface area (Å²) in [7, 11) is 0. The lowest BCUT2D eigenvalue weighted by Gasteiger charge is -2.15. The summed E-state index contributed by atoms with van der Waals surface area (Å²) in [5.74, 6) is 0.428. The molecule has 1 fully saturated rings. The summed E-state index contributed by atoms with van der Waals surface area (Å²) in [5.41, 5.74) is 2.39. The first-order valence-electron chi connectivity index (χ1n) is 6.05. The van der Waals surface area contributed by atoms with Crippen LogP contribution < -0.4 is 0 Å². The van der Waals surface area contributed by atoms with Crippen LogP contribution in [-0.4, -0.2) is 20.0 Å². The third kappa shape index (κ3) is 1.64. The minimum Gasteiger partial charge on any atom is -0.265 e. The number of hydrogen-bond donors (Lipinski definition) is 0. The van der Waals surface area contributed by atoms with E-state index in [1.807, 2.05) is 17.1 Å². The first-order valence-corrected chi connectivity index (χ1v) is 6.05. The number of rotatable bonds is 3. The van der Waals surface area contributed by atoms with Crippen molar-refractivity contribution in [1.82, 2.24) is 20.0 Å². The summed E-state index contributed by atoms with van der Waals surface area (Å²) >= 11 is 0. The molecule has 2 aromatic rings. The van der Waals surface area contributed by atoms with Crippen molar-refractivity contribution in [2.45, 2.75) is 38.1 Å². The maximum Gasteiger partial charge on any atom is 0.0896 e. The van der Waals surface area contributed by atoms with Crippen LogP contribution >= 0.6 is 0 Å². The molecule has 1 aliphatic rings. The third-order valence-electron chi connectivity index (χ3n) is 3.48. The summed E-state index contributed by atoms with van der Waals surface area (Å²) in [5, 5.41) is 8.54. The fraction of sp³-hybridized carbons (Fsp3) is 0.462. The largest absolute Gasteiger partial charge is 0.265 e. The molecule has 1 aliphatic carbocycles. The van der Waals surface area contributed by atoms with E-state index in [0.29, 0.717) is 5.92 Å². The summed E-state index contributed by atoms with van der Waals surface area (Å²) in [6.45, 7) is 4.28. The van der Waals surface area contributed by atoms with E-state index in [2.05, 4.69) is 47.5 Å². The van der Waals surface area contributed by atoms with Gasteiger partial charge in [0.2, 0.25) is 0 Å². The van der Waals surface area contributed by atoms with Gasteiger partial charge >= 0.3 is 0 Å². The van der Waals surface area contributed by atoms with Gasteiger partial charge in [0.25, 0.3) is 0 Å². The second kappa shape index (κ2) is 3.65. The Balaban J connectivity index is 1.98. The Bertz CT molecular complexity index is 511. The molecule has 0 N–H and O–H groups in total. The van der Waals surface area contributed by atoms with E-state index < -0.39 is 0 Å². The van der Waals surface area contributed by atoms with E-state index in [1.165, 1.54) is 5.56 Å². The standard InChI is InChI=1S/C13H16N4/c1-10(2)12-9-17(16-15-12)13(5-6-13)11-3-7-14-8-4-11/h3-4,7-10H,5-6H2,1-2H3. The van der Waals surface area contributed by atoms with Crippen LogP contribution in [0.15, 0.2) is 30.7 Å². The van der Waals surface area contributed by atoms with Gasteiger partial charge in [-0.1, -0.05) is 19.1 Å². The Morgan fingerprint density at radius 1 is 1.24 bits per heavy atom. The van der Waals surface area contributed by atoms with E-state index in [4.69, 9.17) is 0 Å². The Kier molecular flexibility index (Phi) is 2.24. The number of nitrogens with zero attached hydrogens (tertiary/aromatic N) is 4. The summed E-state index contributed by atoms with van der Waals surface area (Å²) in [4.78, 5) is 4.07. The van der Waals surface area contributed by atoms with E-state index >= 15 is 0 Å². The van der Waals surface area contributed by atoms with Crippen molar-refractivity contribution in [1.29, 1.82) is 0 Å². The van der Waals surface area contributed by atoms with Crippen molar-refractivity contribution in [2.75, 3.05) is 0 Å². The maximum absolute atomic E-state index is 4.29. The van der Waals surface area contributed by atoms with Gasteiger partial charge in [-0.25, -0.2) is 4.68 Å². The normalized spacial score (nSPS) is 17.4. The van der Waals surface area contributed by atoms with Crippen molar-refractivity contribution in [2.24, 2.45) is 0 Å². The predicted molar refractivity (Wildman–Crippen MR) is 64.7 cm³/mol. The third-order valence-corrected chi connectivity index (χ3v) is 3.48. The van der Waals surface area contributed by atoms with Gasteiger partial charge < -0.3 is 0 Å². The molecule has 0 bridgehead atoms. The van der Waals surface area contributed by atoms with Gasteiger partial charge in [0.05, 0.1) is 11.2 Å². The smallest absolute Gasteiger partial charge is 0.0896 e. The van der Waals surface area contributed by atoms with Gasteiger partial charge in [-0.05, 0) is 36.5 Å². The molecule has 88 valence electrons. The lowest BCUT2D eigenvalue weighted by atomic mass is 10.1. The molecular formula is C13H16N4. The van der Waals surface area contributed by atoms with Gasteiger partial charge in [0.1, 0.15) is 0 Å². The molecule has 0 aliphatic heterocycles. The molecule has 0 radical (unpaired) electrons. The van der Waals surface area contributed by atoms with Gasteiger partial charge in [-0.15, -0.1) is 5.10 Å². The first kappa shape index (κ1) is 10.4. The van der Waals surface area contributed by atoms with Crippen LogP contribution in [0.5, 0.6) is 0 Å². The highest BCUT2D eigenvalue weighted by molar-refractivity contribution is 5.29. The minimum atomic E-state index is 0.0447. The first-order chi connectivity index (χ1) is 8.22. The van der Waals surface area contributed by atoms with Crippen molar-refractivity contribution in [3.63, 3.8) is 0 Å². The summed E-state index contributed by atoms with van der Waals surface area (Å²) in [6.07, 6.45) is 8.04. The van der Waals surface area contributed by atoms with Gasteiger partial charge in [-0.2, -0.15) is 0 Å². The zero-order valence-corrected chi connectivity index (χ0v) is 10.2. The molecule has 0 atom stereocenters. The molecule has 2 heterocycles. The number of pyridine rings is 1. The van der Waals surface area contributed by atoms with Crippen LogP contribution in [0.4, 0.5) is 0 Å². The average molecular weight is 228 g/mol. The molecule has 3 rings (SSSR count). The monoisotopic (exact) mass is 228 g/mol. The fourth-order valence-corrected chi connectivity index (χ4v) is 2.18. The van der Waals surface area contributed by atoms with Crippen molar-refractivity contribution in [3.05, 3.63) is 42.0 Å². The lowest BCUT2D eigenvalue weighted by Crippen LogP contribution is -2.19. The topological polar surface area (TPSA) is 43.6 Å². The maximum atomic E-state index is 4.29. The molecule has 0 saturated heterocycles. The second-order valence-electron chi connectivity index (χ2n) is 5.01. The van der Waals surface area contributed by atoms with Crippen LogP contribution in [0.25, 0.3) is 0 Å². The molecule has 0 unspecified atom stereocenters. The molecule has 4 nitrogen and oxygen atoms in total. The van der Waals surface area contributed by atoms with E-state index in [1.54, 1.807) is 0 Å². The highest BCUT2D eigenvalue weighted by Crippen LogP contribution is 2.48. The molecule has 0 aromatic carbocycles. The average Bonchev–Trinajstić information content (AvgIpc) is 3.00. The SMILES string of the molecule is CC(C)c1cn(C2(c3ccncc3)CC2)nn1. The fourth-order valence-electron chi connectivity index (χ4n) is 2.18. The Morgan fingerprint density at radius 3 is 2.47 bits per heavy atom. The minimum absolute atomic E-state index is 0.0447. The Hall–Kier alpha value is -1.71. The summed E-state index contributed by atoms with van der Waals surface area (Å²) < 4.78 is 2.03. The van der Waals surface area contributed by atoms with Crippen molar-refractivity contribution in [3.8, 4) is 0 Å². The molecule has 0 amide bonds. The van der Waals surface area contributed by atoms with E-state index in [0.717, 1.165) is 18.5 Å². The molecule has 4 heteroatoms. The second-order valence-corrected chi connectivity index (χ2v) is 5.01. The van der Waals surface area contributed by atoms with Crippen molar-refractivity contribution >= 4 is 0 Å². The van der Waals surface area contributed by atoms with Gasteiger partial charge in [0.15, 0.2) is 0 Å². The zero-order valence-electron chi connectivity index (χ0n) is 10.2. The van der Waals surface area contributed by atoms with Crippen LogP contribution in [0.2, 0.25) is 0 Å². The number of hydrogen-bond acceptors (Lipinski definition) is 3. The molecule has 0 spiro atoms. The Morgan fingerprint density at radius 2 is 1.94 bits per heavy atom. The quantitative estimate of drug-likeness (QED) is 0.809. The molecule has 1 saturated carbocycles. The number of aromatic nitrogens is 4. The molecule has 2 aromatic heterocycles. The highest BCUT2D eigenvalue weighted by Gasteiger charge is 2.47. The predicted octanol–water partition coefficient (Wildman–Crippen LogP) is 2.33. The van der Waals surface area contributed by atoms with Gasteiger partial charge in [0, 0.05) is 18.6 Å². The van der Waals surface area contributed by atoms with Crippen LogP contribution in [0.3, 0.4) is 0 Å². The van der Waals surface area contributed by atoms with Gasteiger partial charge in [-0.3, -0.25) is 4.98 Å². The van der Waals surface area contributed by atoms with E-state index in [9.17, 15) is 0 Å². The van der Waals surface area contributed by atoms with Crippen LogP contribution in [0.1, 0.15) is 43.9 Å². The van der Waals surface area contributed by atoms with Crippen LogP contribution in [0, 0.1) is 0 Å². The summed E-state index contributed by atoms with van der Waals surface area (Å²) in [6, 6.07) is 4.15. The zero-order chi connectivity index (χ0) is 11.9.